The van der Waals surface area contributed by atoms with E-state index in [4.69, 9.17) is 4.98 Å². The zero-order chi connectivity index (χ0) is 18.5. The van der Waals surface area contributed by atoms with E-state index in [9.17, 15) is 4.79 Å². The van der Waals surface area contributed by atoms with Crippen LogP contribution < -0.4 is 9.80 Å². The Kier molecular flexibility index (Phi) is 6.10. The molecule has 3 fully saturated rings. The molecule has 6 heteroatoms. The second-order valence-electron chi connectivity index (χ2n) is 8.32. The Morgan fingerprint density at radius 1 is 0.926 bits per heavy atom. The summed E-state index contributed by atoms with van der Waals surface area (Å²) in [6, 6.07) is 2.00. The average molecular weight is 372 g/mol. The van der Waals surface area contributed by atoms with Crippen molar-refractivity contribution in [2.24, 2.45) is 5.92 Å². The summed E-state index contributed by atoms with van der Waals surface area (Å²) in [6.45, 7) is 5.48. The molecule has 1 aromatic heterocycles. The van der Waals surface area contributed by atoms with E-state index in [-0.39, 0.29) is 0 Å². The van der Waals surface area contributed by atoms with Crippen molar-refractivity contribution in [2.75, 3.05) is 49.1 Å². The third-order valence-electron chi connectivity index (χ3n) is 6.46. The maximum absolute atomic E-state index is 12.6. The number of hydrogen-bond acceptors (Lipinski definition) is 5. The molecule has 2 saturated heterocycles. The largest absolute Gasteiger partial charge is 0.353 e. The van der Waals surface area contributed by atoms with Crippen LogP contribution in [-0.2, 0) is 4.79 Å². The van der Waals surface area contributed by atoms with Crippen molar-refractivity contribution >= 4 is 17.7 Å². The summed E-state index contributed by atoms with van der Waals surface area (Å²) < 4.78 is 0. The Morgan fingerprint density at radius 2 is 1.67 bits per heavy atom. The van der Waals surface area contributed by atoms with Gasteiger partial charge in [-0.3, -0.25) is 4.79 Å². The molecule has 148 valence electrons. The van der Waals surface area contributed by atoms with Crippen LogP contribution in [0.3, 0.4) is 0 Å². The molecule has 27 heavy (non-hydrogen) atoms. The van der Waals surface area contributed by atoms with Crippen LogP contribution in [0.1, 0.15) is 57.8 Å². The van der Waals surface area contributed by atoms with Gasteiger partial charge in [0.05, 0.1) is 0 Å². The number of carbonyl (C=O) groups is 1. The van der Waals surface area contributed by atoms with Crippen LogP contribution in [0.5, 0.6) is 0 Å². The molecule has 0 N–H and O–H groups in total. The number of carbonyl (C=O) groups excluding carboxylic acids is 1. The van der Waals surface area contributed by atoms with Gasteiger partial charge in [0.25, 0.3) is 0 Å². The number of hydrogen-bond donors (Lipinski definition) is 0. The fourth-order valence-electron chi connectivity index (χ4n) is 4.73. The van der Waals surface area contributed by atoms with Gasteiger partial charge >= 0.3 is 0 Å². The molecule has 0 spiro atoms. The van der Waals surface area contributed by atoms with E-state index in [2.05, 4.69) is 19.7 Å². The maximum atomic E-state index is 12.6. The number of amides is 1. The first kappa shape index (κ1) is 18.5. The highest BCUT2D eigenvalue weighted by molar-refractivity contribution is 5.76. The van der Waals surface area contributed by atoms with Crippen LogP contribution in [0.15, 0.2) is 12.3 Å². The fraction of sp³-hybridized carbons (Fsp3) is 0.762. The molecular weight excluding hydrogens is 338 g/mol. The van der Waals surface area contributed by atoms with Gasteiger partial charge in [-0.2, -0.15) is 4.98 Å². The third kappa shape index (κ3) is 4.71. The lowest BCUT2D eigenvalue weighted by Gasteiger charge is -2.36. The van der Waals surface area contributed by atoms with Crippen molar-refractivity contribution in [1.29, 1.82) is 0 Å². The number of anilines is 2. The molecular formula is C21H33N5O. The first-order valence-electron chi connectivity index (χ1n) is 10.9. The SMILES string of the molecule is O=C(CCC1CCCCC1)N1CCN(c2ccnc(N3CCCC3)n2)CC1. The van der Waals surface area contributed by atoms with Crippen LogP contribution in [-0.4, -0.2) is 60.0 Å². The number of piperazine rings is 1. The van der Waals surface area contributed by atoms with Gasteiger partial charge < -0.3 is 14.7 Å². The van der Waals surface area contributed by atoms with Gasteiger partial charge in [0.15, 0.2) is 0 Å². The Labute approximate surface area is 162 Å². The predicted molar refractivity (Wildman–Crippen MR) is 108 cm³/mol. The van der Waals surface area contributed by atoms with Gasteiger partial charge in [-0.15, -0.1) is 0 Å². The highest BCUT2D eigenvalue weighted by Crippen LogP contribution is 2.27. The summed E-state index contributed by atoms with van der Waals surface area (Å²) in [7, 11) is 0. The van der Waals surface area contributed by atoms with Crippen molar-refractivity contribution in [3.63, 3.8) is 0 Å². The van der Waals surface area contributed by atoms with Crippen molar-refractivity contribution in [3.05, 3.63) is 12.3 Å². The van der Waals surface area contributed by atoms with E-state index < -0.39 is 0 Å². The zero-order valence-electron chi connectivity index (χ0n) is 16.5. The molecule has 6 nitrogen and oxygen atoms in total. The normalized spacial score (nSPS) is 21.7. The van der Waals surface area contributed by atoms with Crippen molar-refractivity contribution in [1.82, 2.24) is 14.9 Å². The summed E-state index contributed by atoms with van der Waals surface area (Å²) in [5, 5.41) is 0. The topological polar surface area (TPSA) is 52.6 Å². The standard InChI is InChI=1S/C21H33N5O/c27-20(9-8-18-6-2-1-3-7-18)25-16-14-24(15-17-25)19-10-11-22-21(23-19)26-12-4-5-13-26/h10-11,18H,1-9,12-17H2. The smallest absolute Gasteiger partial charge is 0.227 e. The van der Waals surface area contributed by atoms with Gasteiger partial charge in [-0.05, 0) is 31.2 Å². The second-order valence-corrected chi connectivity index (χ2v) is 8.32. The summed E-state index contributed by atoms with van der Waals surface area (Å²) in [5.74, 6) is 2.99. The van der Waals surface area contributed by atoms with Gasteiger partial charge in [-0.25, -0.2) is 4.98 Å². The number of rotatable bonds is 5. The first-order chi connectivity index (χ1) is 13.3. The Hall–Kier alpha value is -1.85. The predicted octanol–water partition coefficient (Wildman–Crippen LogP) is 3.09. The van der Waals surface area contributed by atoms with E-state index >= 15 is 0 Å². The van der Waals surface area contributed by atoms with Crippen LogP contribution in [0, 0.1) is 5.92 Å². The molecule has 1 saturated carbocycles. The second kappa shape index (κ2) is 8.89. The summed E-state index contributed by atoms with van der Waals surface area (Å²) in [5.41, 5.74) is 0. The molecule has 3 heterocycles. The molecule has 0 radical (unpaired) electrons. The highest BCUT2D eigenvalue weighted by atomic mass is 16.2. The molecule has 0 bridgehead atoms. The zero-order valence-corrected chi connectivity index (χ0v) is 16.5. The minimum Gasteiger partial charge on any atom is -0.353 e. The molecule has 1 amide bonds. The van der Waals surface area contributed by atoms with Crippen LogP contribution in [0.2, 0.25) is 0 Å². The number of nitrogens with zero attached hydrogens (tertiary/aromatic N) is 5. The summed E-state index contributed by atoms with van der Waals surface area (Å²) in [6.07, 6.45) is 12.9. The van der Waals surface area contributed by atoms with E-state index in [0.29, 0.717) is 5.91 Å². The van der Waals surface area contributed by atoms with Gasteiger partial charge in [0.1, 0.15) is 5.82 Å². The van der Waals surface area contributed by atoms with Crippen LogP contribution in [0.25, 0.3) is 0 Å². The monoisotopic (exact) mass is 371 g/mol. The number of aromatic nitrogens is 2. The minimum absolute atomic E-state index is 0.348. The molecule has 1 aliphatic carbocycles. The molecule has 0 atom stereocenters. The van der Waals surface area contributed by atoms with Crippen molar-refractivity contribution in [2.45, 2.75) is 57.8 Å². The Balaban J connectivity index is 1.26. The third-order valence-corrected chi connectivity index (χ3v) is 6.46. The average Bonchev–Trinajstić information content (AvgIpc) is 3.28. The Bertz CT molecular complexity index is 617. The van der Waals surface area contributed by atoms with Crippen LogP contribution in [0.4, 0.5) is 11.8 Å². The quantitative estimate of drug-likeness (QED) is 0.796. The van der Waals surface area contributed by atoms with Gasteiger partial charge in [0.2, 0.25) is 11.9 Å². The van der Waals surface area contributed by atoms with E-state index in [0.717, 1.165) is 69.8 Å². The van der Waals surface area contributed by atoms with E-state index in [1.165, 1.54) is 44.9 Å². The minimum atomic E-state index is 0.348. The lowest BCUT2D eigenvalue weighted by atomic mass is 9.86. The Morgan fingerprint density at radius 3 is 2.41 bits per heavy atom. The van der Waals surface area contributed by atoms with E-state index in [1.54, 1.807) is 0 Å². The lowest BCUT2D eigenvalue weighted by molar-refractivity contribution is -0.131. The maximum Gasteiger partial charge on any atom is 0.227 e. The highest BCUT2D eigenvalue weighted by Gasteiger charge is 2.24. The van der Waals surface area contributed by atoms with Crippen molar-refractivity contribution in [3.8, 4) is 0 Å². The summed E-state index contributed by atoms with van der Waals surface area (Å²) >= 11 is 0. The fourth-order valence-corrected chi connectivity index (χ4v) is 4.73. The molecule has 0 unspecified atom stereocenters. The van der Waals surface area contributed by atoms with Crippen LogP contribution >= 0.6 is 0 Å². The first-order valence-corrected chi connectivity index (χ1v) is 10.9. The molecule has 2 aliphatic heterocycles. The summed E-state index contributed by atoms with van der Waals surface area (Å²) in [4.78, 5) is 28.4. The molecule has 1 aromatic rings. The van der Waals surface area contributed by atoms with E-state index in [1.807, 2.05) is 12.3 Å². The van der Waals surface area contributed by atoms with Crippen molar-refractivity contribution < 1.29 is 4.79 Å². The lowest BCUT2D eigenvalue weighted by Crippen LogP contribution is -2.49. The van der Waals surface area contributed by atoms with Gasteiger partial charge in [-0.1, -0.05) is 32.1 Å². The van der Waals surface area contributed by atoms with Gasteiger partial charge in [0, 0.05) is 51.9 Å². The molecule has 0 aromatic carbocycles. The molecule has 4 rings (SSSR count). The molecule has 3 aliphatic rings.